The molecule has 260 valence electrons. The van der Waals surface area contributed by atoms with Crippen molar-refractivity contribution >= 4 is 113 Å². The first-order valence-electron chi connectivity index (χ1n) is 17.8. The molecular formula is C40H38Cl4N2O4. The van der Waals surface area contributed by atoms with E-state index in [1.807, 2.05) is 0 Å². The third-order valence-electron chi connectivity index (χ3n) is 10.5. The van der Waals surface area contributed by atoms with E-state index in [4.69, 9.17) is 46.4 Å². The fourth-order valence-electron chi connectivity index (χ4n) is 8.07. The van der Waals surface area contributed by atoms with Crippen LogP contribution in [-0.4, -0.2) is 46.5 Å². The Bertz CT molecular complexity index is 1960. The number of amides is 4. The van der Waals surface area contributed by atoms with Crippen LogP contribution in [0.2, 0.25) is 20.1 Å². The van der Waals surface area contributed by atoms with Crippen molar-refractivity contribution < 1.29 is 19.2 Å². The summed E-state index contributed by atoms with van der Waals surface area (Å²) in [7, 11) is 0. The van der Waals surface area contributed by atoms with E-state index in [0.717, 1.165) is 64.2 Å². The van der Waals surface area contributed by atoms with Gasteiger partial charge in [-0.05, 0) is 37.1 Å². The van der Waals surface area contributed by atoms with Crippen molar-refractivity contribution in [2.75, 3.05) is 13.1 Å². The van der Waals surface area contributed by atoms with Crippen molar-refractivity contribution in [2.45, 2.75) is 90.9 Å². The molecule has 7 rings (SSSR count). The quantitative estimate of drug-likeness (QED) is 0.0490. The number of carbonyl (C=O) groups is 4. The monoisotopic (exact) mass is 750 g/mol. The van der Waals surface area contributed by atoms with Gasteiger partial charge in [-0.25, -0.2) is 0 Å². The zero-order valence-corrected chi connectivity index (χ0v) is 31.3. The van der Waals surface area contributed by atoms with E-state index in [2.05, 4.69) is 13.8 Å². The zero-order valence-electron chi connectivity index (χ0n) is 28.2. The number of rotatable bonds is 14. The van der Waals surface area contributed by atoms with Gasteiger partial charge in [0.1, 0.15) is 0 Å². The second-order valence-corrected chi connectivity index (χ2v) is 15.3. The van der Waals surface area contributed by atoms with Crippen molar-refractivity contribution in [2.24, 2.45) is 0 Å². The van der Waals surface area contributed by atoms with Crippen LogP contribution < -0.4 is 0 Å². The summed E-state index contributed by atoms with van der Waals surface area (Å²) >= 11 is 28.4. The van der Waals surface area contributed by atoms with Gasteiger partial charge in [-0.15, -0.1) is 0 Å². The van der Waals surface area contributed by atoms with Crippen LogP contribution in [-0.2, 0) is 0 Å². The van der Waals surface area contributed by atoms with Crippen LogP contribution in [0.3, 0.4) is 0 Å². The fraction of sp³-hybridized carbons (Fsp3) is 0.400. The summed E-state index contributed by atoms with van der Waals surface area (Å²) in [5.74, 6) is -1.64. The SMILES string of the molecule is CCCCCCCCN1C(=O)c2cc(Cl)c3c4c(Cl)cc5c6c(cc(Cl)c(c7c(Cl)cc(c2c37)C1=O)c64)C(=O)N(CCCCCCCC)C5=O. The van der Waals surface area contributed by atoms with Crippen LogP contribution in [0.1, 0.15) is 132 Å². The van der Waals surface area contributed by atoms with Crippen molar-refractivity contribution in [3.63, 3.8) is 0 Å². The molecule has 0 bridgehead atoms. The lowest BCUT2D eigenvalue weighted by Gasteiger charge is -2.31. The molecule has 0 N–H and O–H groups in total. The standard InChI is InChI=1S/C40H38Cl4N2O4/c1-3-5-7-9-11-13-15-45-37(47)21-17-25(41)31-33-27(43)19-23-30-24(40(50)46(39(23)49)16-14-12-10-8-6-4-2)20-28(44)34(36(30)33)32-26(42)18-22(38(45)48)29(21)35(31)32/h17-20H,3-16H2,1-2H3. The first-order chi connectivity index (χ1) is 24.1. The molecule has 0 saturated carbocycles. The summed E-state index contributed by atoms with van der Waals surface area (Å²) in [4.78, 5) is 58.5. The first-order valence-corrected chi connectivity index (χ1v) is 19.3. The van der Waals surface area contributed by atoms with Gasteiger partial charge in [-0.1, -0.05) is 124 Å². The summed E-state index contributed by atoms with van der Waals surface area (Å²) in [6.07, 6.45) is 12.2. The van der Waals surface area contributed by atoms with E-state index in [0.29, 0.717) is 91.3 Å². The molecule has 0 fully saturated rings. The number of unbranched alkanes of at least 4 members (excludes halogenated alkanes) is 10. The predicted octanol–water partition coefficient (Wildman–Crippen LogP) is 12.3. The van der Waals surface area contributed by atoms with Gasteiger partial charge in [-0.3, -0.25) is 29.0 Å². The molecule has 0 aliphatic carbocycles. The third kappa shape index (κ3) is 5.53. The van der Waals surface area contributed by atoms with Gasteiger partial charge in [0.05, 0.1) is 22.3 Å². The molecule has 4 amide bonds. The molecule has 5 aromatic rings. The maximum Gasteiger partial charge on any atom is 0.261 e. The summed E-state index contributed by atoms with van der Waals surface area (Å²) in [6.45, 7) is 4.92. The lowest BCUT2D eigenvalue weighted by molar-refractivity contribution is 0.0592. The van der Waals surface area contributed by atoms with Gasteiger partial charge >= 0.3 is 0 Å². The molecule has 2 heterocycles. The first kappa shape index (κ1) is 35.3. The predicted molar refractivity (Wildman–Crippen MR) is 205 cm³/mol. The number of benzene rings is 5. The molecule has 50 heavy (non-hydrogen) atoms. The topological polar surface area (TPSA) is 74.8 Å². The Hall–Kier alpha value is -3.16. The summed E-state index contributed by atoms with van der Waals surface area (Å²) < 4.78 is 0. The summed E-state index contributed by atoms with van der Waals surface area (Å²) in [5, 5.41) is 4.82. The second-order valence-electron chi connectivity index (χ2n) is 13.7. The van der Waals surface area contributed by atoms with Crippen LogP contribution in [0.15, 0.2) is 24.3 Å². The number of carbonyl (C=O) groups excluding carboxylic acids is 4. The van der Waals surface area contributed by atoms with Crippen LogP contribution in [0.25, 0.3) is 43.1 Å². The third-order valence-corrected chi connectivity index (χ3v) is 11.7. The van der Waals surface area contributed by atoms with Crippen LogP contribution in [0.5, 0.6) is 0 Å². The molecule has 0 radical (unpaired) electrons. The highest BCUT2D eigenvalue weighted by molar-refractivity contribution is 6.56. The number of halogens is 4. The van der Waals surface area contributed by atoms with Crippen molar-refractivity contribution in [1.29, 1.82) is 0 Å². The molecule has 0 spiro atoms. The Morgan fingerprint density at radius 2 is 0.640 bits per heavy atom. The average molecular weight is 753 g/mol. The van der Waals surface area contributed by atoms with Crippen molar-refractivity contribution in [3.05, 3.63) is 66.6 Å². The number of hydrogen-bond acceptors (Lipinski definition) is 4. The van der Waals surface area contributed by atoms with E-state index in [-0.39, 0.29) is 20.1 Å². The van der Waals surface area contributed by atoms with Crippen molar-refractivity contribution in [1.82, 2.24) is 9.80 Å². The zero-order chi connectivity index (χ0) is 35.4. The molecular weight excluding hydrogens is 714 g/mol. The Labute approximate surface area is 311 Å². The Morgan fingerprint density at radius 3 is 0.920 bits per heavy atom. The van der Waals surface area contributed by atoms with Gasteiger partial charge in [0.15, 0.2) is 0 Å². The molecule has 2 aliphatic heterocycles. The Morgan fingerprint density at radius 1 is 0.380 bits per heavy atom. The van der Waals surface area contributed by atoms with Crippen LogP contribution in [0.4, 0.5) is 0 Å². The van der Waals surface area contributed by atoms with Crippen LogP contribution >= 0.6 is 46.4 Å². The van der Waals surface area contributed by atoms with E-state index < -0.39 is 23.6 Å². The minimum absolute atomic E-state index is 0.242. The smallest absolute Gasteiger partial charge is 0.261 e. The molecule has 5 aromatic carbocycles. The maximum absolute atomic E-state index is 14.0. The molecule has 0 saturated heterocycles. The molecule has 2 aliphatic rings. The minimum atomic E-state index is -0.410. The lowest BCUT2D eigenvalue weighted by atomic mass is 9.82. The normalized spacial score (nSPS) is 14.6. The van der Waals surface area contributed by atoms with Crippen molar-refractivity contribution in [3.8, 4) is 0 Å². The maximum atomic E-state index is 14.0. The summed E-state index contributed by atoms with van der Waals surface area (Å²) in [6, 6.07) is 6.39. The Balaban J connectivity index is 1.39. The van der Waals surface area contributed by atoms with Gasteiger partial charge in [0.25, 0.3) is 23.6 Å². The van der Waals surface area contributed by atoms with Crippen LogP contribution in [0, 0.1) is 0 Å². The Kier molecular flexibility index (Phi) is 9.94. The largest absolute Gasteiger partial charge is 0.274 e. The minimum Gasteiger partial charge on any atom is -0.274 e. The van der Waals surface area contributed by atoms with Gasteiger partial charge < -0.3 is 0 Å². The number of imide groups is 2. The fourth-order valence-corrected chi connectivity index (χ4v) is 9.26. The van der Waals surface area contributed by atoms with Gasteiger partial charge in [0.2, 0.25) is 0 Å². The molecule has 6 nitrogen and oxygen atoms in total. The lowest BCUT2D eigenvalue weighted by Crippen LogP contribution is -2.41. The molecule has 0 aromatic heterocycles. The average Bonchev–Trinajstić information content (AvgIpc) is 3.09. The number of fused-ring (bicyclic) bond motifs is 2. The second kappa shape index (κ2) is 14.1. The molecule has 10 heteroatoms. The highest BCUT2D eigenvalue weighted by Gasteiger charge is 2.39. The highest BCUT2D eigenvalue weighted by atomic mass is 35.5. The number of nitrogens with zero attached hydrogens (tertiary/aromatic N) is 2. The van der Waals surface area contributed by atoms with Gasteiger partial charge in [-0.2, -0.15) is 0 Å². The molecule has 0 atom stereocenters. The van der Waals surface area contributed by atoms with E-state index in [1.165, 1.54) is 9.80 Å². The van der Waals surface area contributed by atoms with Gasteiger partial charge in [0, 0.05) is 76.3 Å². The molecule has 0 unspecified atom stereocenters. The highest BCUT2D eigenvalue weighted by Crippen LogP contribution is 2.53. The summed E-state index contributed by atoms with van der Waals surface area (Å²) in [5.41, 5.74) is 1.24. The van der Waals surface area contributed by atoms with E-state index in [9.17, 15) is 19.2 Å². The van der Waals surface area contributed by atoms with E-state index in [1.54, 1.807) is 24.3 Å². The number of hydrogen-bond donors (Lipinski definition) is 0. The van der Waals surface area contributed by atoms with E-state index >= 15 is 0 Å².